The Morgan fingerprint density at radius 1 is 1.40 bits per heavy atom. The van der Waals surface area contributed by atoms with Gasteiger partial charge in [-0.3, -0.25) is 0 Å². The van der Waals surface area contributed by atoms with Gasteiger partial charge in [-0.2, -0.15) is 0 Å². The van der Waals surface area contributed by atoms with Gasteiger partial charge in [-0.05, 0) is 19.3 Å². The van der Waals surface area contributed by atoms with Crippen molar-refractivity contribution >= 4 is 7.28 Å². The van der Waals surface area contributed by atoms with E-state index in [0.717, 1.165) is 0 Å². The fourth-order valence-corrected chi connectivity index (χ4v) is 1.61. The second kappa shape index (κ2) is 4.02. The number of ether oxygens (including phenoxy) is 1. The van der Waals surface area contributed by atoms with Crippen LogP contribution in [0.3, 0.4) is 0 Å². The van der Waals surface area contributed by atoms with E-state index in [9.17, 15) is 0 Å². The second-order valence-corrected chi connectivity index (χ2v) is 3.15. The molecule has 0 spiro atoms. The maximum absolute atomic E-state index is 5.75. The third-order valence-corrected chi connectivity index (χ3v) is 2.26. The summed E-state index contributed by atoms with van der Waals surface area (Å²) in [6.45, 7) is 4.43. The molecule has 2 atom stereocenters. The van der Waals surface area contributed by atoms with Crippen molar-refractivity contribution in [2.75, 3.05) is 0 Å². The average Bonchev–Trinajstić information content (AvgIpc) is 2.37. The Morgan fingerprint density at radius 2 is 2.20 bits per heavy atom. The van der Waals surface area contributed by atoms with E-state index in [4.69, 9.17) is 4.74 Å². The van der Waals surface area contributed by atoms with E-state index in [1.54, 1.807) is 0 Å². The summed E-state index contributed by atoms with van der Waals surface area (Å²) in [5, 5.41) is 0. The zero-order valence-electron chi connectivity index (χ0n) is 7.10. The van der Waals surface area contributed by atoms with Crippen molar-refractivity contribution in [3.8, 4) is 0 Å². The molecular formula is C8H17BO. The molecule has 1 rings (SSSR count). The van der Waals surface area contributed by atoms with Crippen molar-refractivity contribution in [1.82, 2.24) is 0 Å². The average molecular weight is 140 g/mol. The lowest BCUT2D eigenvalue weighted by Crippen LogP contribution is -2.16. The minimum Gasteiger partial charge on any atom is -0.384 e. The molecule has 0 aromatic rings. The summed E-state index contributed by atoms with van der Waals surface area (Å²) in [6, 6.07) is 0.593. The zero-order valence-corrected chi connectivity index (χ0v) is 7.10. The van der Waals surface area contributed by atoms with Gasteiger partial charge in [-0.15, -0.1) is 0 Å². The highest BCUT2D eigenvalue weighted by Crippen LogP contribution is 2.21. The first kappa shape index (κ1) is 8.12. The van der Waals surface area contributed by atoms with Crippen LogP contribution in [0.2, 0.25) is 6.32 Å². The Balaban J connectivity index is 2.15. The maximum atomic E-state index is 5.75. The number of hydrogen-bond donors (Lipinski definition) is 0. The van der Waals surface area contributed by atoms with Crippen molar-refractivity contribution in [2.24, 2.45) is 0 Å². The first-order valence-electron chi connectivity index (χ1n) is 4.52. The van der Waals surface area contributed by atoms with Crippen molar-refractivity contribution in [3.63, 3.8) is 0 Å². The van der Waals surface area contributed by atoms with Gasteiger partial charge in [0.05, 0.1) is 6.10 Å². The Bertz CT molecular complexity index is 95.3. The van der Waals surface area contributed by atoms with E-state index in [1.165, 1.54) is 32.9 Å². The smallest absolute Gasteiger partial charge is 0.157 e. The molecule has 1 saturated heterocycles. The molecule has 1 aliphatic heterocycles. The predicted molar refractivity (Wildman–Crippen MR) is 45.8 cm³/mol. The first-order valence-corrected chi connectivity index (χ1v) is 4.52. The molecule has 0 amide bonds. The lowest BCUT2D eigenvalue weighted by molar-refractivity contribution is 0.0838. The van der Waals surface area contributed by atoms with Gasteiger partial charge >= 0.3 is 0 Å². The fourth-order valence-electron chi connectivity index (χ4n) is 1.61. The molecule has 1 heterocycles. The topological polar surface area (TPSA) is 9.23 Å². The van der Waals surface area contributed by atoms with E-state index < -0.39 is 0 Å². The van der Waals surface area contributed by atoms with Gasteiger partial charge in [0.25, 0.3) is 0 Å². The molecule has 2 unspecified atom stereocenters. The Kier molecular flexibility index (Phi) is 3.27. The lowest BCUT2D eigenvalue weighted by Gasteiger charge is -2.09. The van der Waals surface area contributed by atoms with Gasteiger partial charge < -0.3 is 4.74 Å². The molecule has 10 heavy (non-hydrogen) atoms. The second-order valence-electron chi connectivity index (χ2n) is 3.15. The molecule has 0 radical (unpaired) electrons. The largest absolute Gasteiger partial charge is 0.384 e. The van der Waals surface area contributed by atoms with Gasteiger partial charge in [-0.1, -0.05) is 20.2 Å². The lowest BCUT2D eigenvalue weighted by atomic mass is 9.68. The van der Waals surface area contributed by atoms with Gasteiger partial charge in [0.2, 0.25) is 0 Å². The summed E-state index contributed by atoms with van der Waals surface area (Å²) >= 11 is 0. The summed E-state index contributed by atoms with van der Waals surface area (Å²) in [6.07, 6.45) is 5.63. The van der Waals surface area contributed by atoms with E-state index in [-0.39, 0.29) is 0 Å². The monoisotopic (exact) mass is 140 g/mol. The van der Waals surface area contributed by atoms with Crippen LogP contribution in [0.1, 0.15) is 33.1 Å². The molecule has 0 aromatic carbocycles. The molecule has 0 bridgehead atoms. The van der Waals surface area contributed by atoms with Crippen LogP contribution in [0, 0.1) is 0 Å². The third kappa shape index (κ3) is 2.01. The van der Waals surface area contributed by atoms with E-state index >= 15 is 0 Å². The Morgan fingerprint density at radius 3 is 2.70 bits per heavy atom. The van der Waals surface area contributed by atoms with Crippen molar-refractivity contribution in [3.05, 3.63) is 0 Å². The maximum Gasteiger partial charge on any atom is 0.157 e. The summed E-state index contributed by atoms with van der Waals surface area (Å²) < 4.78 is 5.75. The van der Waals surface area contributed by atoms with Crippen LogP contribution in [-0.2, 0) is 4.74 Å². The van der Waals surface area contributed by atoms with E-state index in [0.29, 0.717) is 12.1 Å². The molecule has 1 nitrogen and oxygen atoms in total. The van der Waals surface area contributed by atoms with Crippen LogP contribution in [-0.4, -0.2) is 19.4 Å². The summed E-state index contributed by atoms with van der Waals surface area (Å²) in [4.78, 5) is 0. The molecule has 1 fully saturated rings. The predicted octanol–water partition coefficient (Wildman–Crippen LogP) is 1.78. The minimum absolute atomic E-state index is 0.580. The van der Waals surface area contributed by atoms with Crippen LogP contribution in [0.25, 0.3) is 0 Å². The minimum atomic E-state index is 0.580. The van der Waals surface area contributed by atoms with Crippen molar-refractivity contribution in [2.45, 2.75) is 51.5 Å². The molecule has 1 aliphatic rings. The highest BCUT2D eigenvalue weighted by Gasteiger charge is 2.22. The van der Waals surface area contributed by atoms with Crippen LogP contribution < -0.4 is 0 Å². The summed E-state index contributed by atoms with van der Waals surface area (Å²) in [5.74, 6) is 0. The standard InChI is InChI=1S/C8H17BO/c1-3-7-5-6-8(10-7)9-4-2/h7-9H,3-6H2,1-2H3. The quantitative estimate of drug-likeness (QED) is 0.543. The molecule has 2 heteroatoms. The molecule has 0 aromatic heterocycles. The molecule has 0 aliphatic carbocycles. The third-order valence-electron chi connectivity index (χ3n) is 2.26. The summed E-state index contributed by atoms with van der Waals surface area (Å²) in [7, 11) is 1.26. The van der Waals surface area contributed by atoms with Crippen molar-refractivity contribution < 1.29 is 4.74 Å². The van der Waals surface area contributed by atoms with Crippen LogP contribution in [0.5, 0.6) is 0 Å². The Labute approximate surface area is 64.4 Å². The van der Waals surface area contributed by atoms with Crippen LogP contribution in [0.4, 0.5) is 0 Å². The zero-order chi connectivity index (χ0) is 7.40. The normalized spacial score (nSPS) is 32.6. The molecule has 0 N–H and O–H groups in total. The van der Waals surface area contributed by atoms with E-state index in [2.05, 4.69) is 13.8 Å². The van der Waals surface area contributed by atoms with Crippen LogP contribution >= 0.6 is 0 Å². The first-order chi connectivity index (χ1) is 4.86. The highest BCUT2D eigenvalue weighted by molar-refractivity contribution is 6.37. The van der Waals surface area contributed by atoms with Gasteiger partial charge in [0, 0.05) is 6.00 Å². The Hall–Kier alpha value is 0.0249. The fraction of sp³-hybridized carbons (Fsp3) is 1.00. The number of rotatable bonds is 3. The summed E-state index contributed by atoms with van der Waals surface area (Å²) in [5.41, 5.74) is 0. The van der Waals surface area contributed by atoms with E-state index in [1.807, 2.05) is 0 Å². The molecule has 58 valence electrons. The SMILES string of the molecule is CCBC1CCC(CC)O1. The number of hydrogen-bond acceptors (Lipinski definition) is 1. The van der Waals surface area contributed by atoms with Gasteiger partial charge in [0.1, 0.15) is 0 Å². The molecule has 0 saturated carbocycles. The van der Waals surface area contributed by atoms with Crippen LogP contribution in [0.15, 0.2) is 0 Å². The highest BCUT2D eigenvalue weighted by atomic mass is 16.5. The van der Waals surface area contributed by atoms with Crippen molar-refractivity contribution in [1.29, 1.82) is 0 Å². The van der Waals surface area contributed by atoms with Gasteiger partial charge in [-0.25, -0.2) is 0 Å². The van der Waals surface area contributed by atoms with Gasteiger partial charge in [0.15, 0.2) is 7.28 Å². The molecular weight excluding hydrogens is 123 g/mol.